The molecule has 2 N–H and O–H groups in total. The Kier molecular flexibility index (Phi) is 4.39. The average Bonchev–Trinajstić information content (AvgIpc) is 2.47. The molecular formula is C12H19N3O. The van der Waals surface area contributed by atoms with E-state index in [9.17, 15) is 0 Å². The molecule has 4 heteroatoms. The van der Waals surface area contributed by atoms with Crippen LogP contribution in [0.3, 0.4) is 0 Å². The third-order valence-electron chi connectivity index (χ3n) is 2.96. The molecule has 0 atom stereocenters. The van der Waals surface area contributed by atoms with E-state index in [4.69, 9.17) is 15.7 Å². The summed E-state index contributed by atoms with van der Waals surface area (Å²) < 4.78 is 7.01. The first-order valence-corrected chi connectivity index (χ1v) is 5.47. The molecule has 4 nitrogen and oxygen atoms in total. The standard InChI is InChI=1S/C12H19N3O/c1-9-10(2)15(6-4-5-7-16-3)12(14)11(9)8-13/h4-7,14H2,1-3H3. The maximum Gasteiger partial charge on any atom is 0.122 e. The lowest BCUT2D eigenvalue weighted by Crippen LogP contribution is -2.06. The second kappa shape index (κ2) is 5.57. The molecule has 0 aromatic carbocycles. The number of aromatic nitrogens is 1. The minimum Gasteiger partial charge on any atom is -0.385 e. The molecule has 0 aliphatic carbocycles. The number of unbranched alkanes of at least 4 members (excludes halogenated alkanes) is 1. The van der Waals surface area contributed by atoms with Crippen molar-refractivity contribution < 1.29 is 4.74 Å². The van der Waals surface area contributed by atoms with Crippen LogP contribution in [0, 0.1) is 25.2 Å². The van der Waals surface area contributed by atoms with Crippen LogP contribution in [0.25, 0.3) is 0 Å². The van der Waals surface area contributed by atoms with E-state index in [-0.39, 0.29) is 0 Å². The topological polar surface area (TPSA) is 64.0 Å². The Morgan fingerprint density at radius 3 is 2.56 bits per heavy atom. The summed E-state index contributed by atoms with van der Waals surface area (Å²) in [5, 5.41) is 8.98. The van der Waals surface area contributed by atoms with Crippen molar-refractivity contribution in [1.29, 1.82) is 5.26 Å². The molecule has 0 amide bonds. The van der Waals surface area contributed by atoms with E-state index in [2.05, 4.69) is 6.07 Å². The fourth-order valence-electron chi connectivity index (χ4n) is 1.84. The zero-order chi connectivity index (χ0) is 12.1. The van der Waals surface area contributed by atoms with Crippen molar-refractivity contribution in [1.82, 2.24) is 4.57 Å². The van der Waals surface area contributed by atoms with Crippen LogP contribution in [0.5, 0.6) is 0 Å². The van der Waals surface area contributed by atoms with Crippen LogP contribution < -0.4 is 5.73 Å². The smallest absolute Gasteiger partial charge is 0.122 e. The predicted molar refractivity (Wildman–Crippen MR) is 64.1 cm³/mol. The zero-order valence-electron chi connectivity index (χ0n) is 10.2. The van der Waals surface area contributed by atoms with Gasteiger partial charge < -0.3 is 15.0 Å². The maximum absolute atomic E-state index is 8.98. The summed E-state index contributed by atoms with van der Waals surface area (Å²) in [5.74, 6) is 0.593. The molecule has 0 spiro atoms. The number of ether oxygens (including phenoxy) is 1. The molecule has 0 saturated carbocycles. The summed E-state index contributed by atoms with van der Waals surface area (Å²) in [6.07, 6.45) is 2.02. The first-order valence-electron chi connectivity index (χ1n) is 5.47. The number of nitrogen functional groups attached to an aromatic ring is 1. The van der Waals surface area contributed by atoms with Gasteiger partial charge in [-0.05, 0) is 32.3 Å². The van der Waals surface area contributed by atoms with Crippen molar-refractivity contribution in [2.45, 2.75) is 33.2 Å². The summed E-state index contributed by atoms with van der Waals surface area (Å²) in [7, 11) is 1.70. The fraction of sp³-hybridized carbons (Fsp3) is 0.583. The van der Waals surface area contributed by atoms with Crippen LogP contribution in [0.1, 0.15) is 29.7 Å². The molecule has 1 heterocycles. The highest BCUT2D eigenvalue weighted by atomic mass is 16.5. The van der Waals surface area contributed by atoms with E-state index in [1.54, 1.807) is 7.11 Å². The quantitative estimate of drug-likeness (QED) is 0.773. The van der Waals surface area contributed by atoms with Crippen molar-refractivity contribution in [3.63, 3.8) is 0 Å². The van der Waals surface area contributed by atoms with Crippen LogP contribution in [0.15, 0.2) is 0 Å². The number of nitrogens with zero attached hydrogens (tertiary/aromatic N) is 2. The van der Waals surface area contributed by atoms with Crippen molar-refractivity contribution in [3.8, 4) is 6.07 Å². The molecule has 0 aliphatic heterocycles. The molecule has 0 saturated heterocycles. The molecule has 1 aromatic rings. The van der Waals surface area contributed by atoms with Crippen molar-refractivity contribution in [3.05, 3.63) is 16.8 Å². The van der Waals surface area contributed by atoms with Crippen LogP contribution in [-0.4, -0.2) is 18.3 Å². The van der Waals surface area contributed by atoms with Crippen LogP contribution in [-0.2, 0) is 11.3 Å². The lowest BCUT2D eigenvalue weighted by atomic mass is 10.2. The third-order valence-corrected chi connectivity index (χ3v) is 2.96. The van der Waals surface area contributed by atoms with E-state index < -0.39 is 0 Å². The van der Waals surface area contributed by atoms with Crippen molar-refractivity contribution >= 4 is 5.82 Å². The van der Waals surface area contributed by atoms with Gasteiger partial charge in [-0.1, -0.05) is 0 Å². The Labute approximate surface area is 96.6 Å². The van der Waals surface area contributed by atoms with Gasteiger partial charge in [0.1, 0.15) is 11.9 Å². The number of rotatable bonds is 5. The number of anilines is 1. The van der Waals surface area contributed by atoms with Gasteiger partial charge in [0, 0.05) is 26.0 Å². The lowest BCUT2D eigenvalue weighted by Gasteiger charge is -2.08. The van der Waals surface area contributed by atoms with Gasteiger partial charge in [-0.25, -0.2) is 0 Å². The number of hydrogen-bond acceptors (Lipinski definition) is 3. The molecule has 0 fully saturated rings. The highest BCUT2D eigenvalue weighted by Crippen LogP contribution is 2.23. The zero-order valence-corrected chi connectivity index (χ0v) is 10.2. The molecule has 1 aromatic heterocycles. The Hall–Kier alpha value is -1.47. The normalized spacial score (nSPS) is 10.4. The molecule has 0 radical (unpaired) electrons. The van der Waals surface area contributed by atoms with Gasteiger partial charge >= 0.3 is 0 Å². The fourth-order valence-corrected chi connectivity index (χ4v) is 1.84. The van der Waals surface area contributed by atoms with Crippen LogP contribution in [0.4, 0.5) is 5.82 Å². The molecule has 0 bridgehead atoms. The Bertz CT molecular complexity index is 401. The summed E-state index contributed by atoms with van der Waals surface area (Å²) >= 11 is 0. The van der Waals surface area contributed by atoms with Gasteiger partial charge in [0.2, 0.25) is 0 Å². The summed E-state index contributed by atoms with van der Waals surface area (Å²) in [6, 6.07) is 2.16. The molecule has 0 aliphatic rings. The van der Waals surface area contributed by atoms with Gasteiger partial charge in [-0.2, -0.15) is 5.26 Å². The van der Waals surface area contributed by atoms with Gasteiger partial charge in [0.05, 0.1) is 5.56 Å². The molecule has 1 rings (SSSR count). The van der Waals surface area contributed by atoms with Gasteiger partial charge in [-0.15, -0.1) is 0 Å². The molecule has 88 valence electrons. The third kappa shape index (κ3) is 2.37. The first kappa shape index (κ1) is 12.6. The number of methoxy groups -OCH3 is 1. The average molecular weight is 221 g/mol. The van der Waals surface area contributed by atoms with E-state index >= 15 is 0 Å². The first-order chi connectivity index (χ1) is 7.63. The van der Waals surface area contributed by atoms with E-state index in [1.165, 1.54) is 0 Å². The van der Waals surface area contributed by atoms with Gasteiger partial charge in [0.15, 0.2) is 0 Å². The van der Waals surface area contributed by atoms with Crippen molar-refractivity contribution in [2.24, 2.45) is 0 Å². The summed E-state index contributed by atoms with van der Waals surface area (Å²) in [4.78, 5) is 0. The lowest BCUT2D eigenvalue weighted by molar-refractivity contribution is 0.191. The second-order valence-corrected chi connectivity index (χ2v) is 3.93. The SMILES string of the molecule is COCCCCn1c(C)c(C)c(C#N)c1N. The van der Waals surface area contributed by atoms with Gasteiger partial charge in [0.25, 0.3) is 0 Å². The summed E-state index contributed by atoms with van der Waals surface area (Å²) in [6.45, 7) is 5.56. The number of nitrogens with two attached hydrogens (primary N) is 1. The molecule has 0 unspecified atom stereocenters. The Balaban J connectivity index is 2.77. The maximum atomic E-state index is 8.98. The van der Waals surface area contributed by atoms with E-state index in [1.807, 2.05) is 18.4 Å². The Morgan fingerprint density at radius 1 is 1.38 bits per heavy atom. The molecule has 16 heavy (non-hydrogen) atoms. The minimum atomic E-state index is 0.593. The molecular weight excluding hydrogens is 202 g/mol. The minimum absolute atomic E-state index is 0.593. The second-order valence-electron chi connectivity index (χ2n) is 3.93. The highest BCUT2D eigenvalue weighted by molar-refractivity contribution is 5.57. The van der Waals surface area contributed by atoms with Crippen LogP contribution in [0.2, 0.25) is 0 Å². The predicted octanol–water partition coefficient (Wildman–Crippen LogP) is 1.99. The monoisotopic (exact) mass is 221 g/mol. The largest absolute Gasteiger partial charge is 0.385 e. The van der Waals surface area contributed by atoms with E-state index in [0.717, 1.165) is 37.3 Å². The van der Waals surface area contributed by atoms with Crippen LogP contribution >= 0.6 is 0 Å². The summed E-state index contributed by atoms with van der Waals surface area (Å²) in [5.41, 5.74) is 8.64. The van der Waals surface area contributed by atoms with Gasteiger partial charge in [-0.3, -0.25) is 0 Å². The Morgan fingerprint density at radius 2 is 2.06 bits per heavy atom. The van der Waals surface area contributed by atoms with E-state index in [0.29, 0.717) is 11.4 Å². The van der Waals surface area contributed by atoms with Crippen molar-refractivity contribution in [2.75, 3.05) is 19.5 Å². The number of hydrogen-bond donors (Lipinski definition) is 1. The highest BCUT2D eigenvalue weighted by Gasteiger charge is 2.14. The number of nitriles is 1.